The van der Waals surface area contributed by atoms with E-state index in [1.165, 1.54) is 5.56 Å². The third-order valence-corrected chi connectivity index (χ3v) is 4.77. The fourth-order valence-corrected chi connectivity index (χ4v) is 3.19. The molecule has 1 N–H and O–H groups in total. The molecule has 0 aromatic heterocycles. The number of hydrogen-bond donors (Lipinski definition) is 1. The first-order valence-corrected chi connectivity index (χ1v) is 7.24. The van der Waals surface area contributed by atoms with Crippen molar-refractivity contribution in [3.8, 4) is 6.07 Å². The van der Waals surface area contributed by atoms with Crippen molar-refractivity contribution in [2.24, 2.45) is 5.41 Å². The molecule has 0 amide bonds. The SMILES string of the molecule is COC(CC(C)(O)C1(C#N)CCc2ccccc2C1)OC. The Morgan fingerprint density at radius 3 is 2.52 bits per heavy atom. The fourth-order valence-electron chi connectivity index (χ4n) is 3.19. The van der Waals surface area contributed by atoms with Crippen LogP contribution < -0.4 is 0 Å². The minimum atomic E-state index is -1.17. The molecule has 21 heavy (non-hydrogen) atoms. The largest absolute Gasteiger partial charge is 0.388 e. The number of rotatable bonds is 5. The maximum absolute atomic E-state index is 11.0. The third-order valence-electron chi connectivity index (χ3n) is 4.77. The molecule has 0 fully saturated rings. The molecule has 114 valence electrons. The number of methoxy groups -OCH3 is 2. The summed E-state index contributed by atoms with van der Waals surface area (Å²) in [4.78, 5) is 0. The van der Waals surface area contributed by atoms with Crippen LogP contribution in [0.1, 0.15) is 30.9 Å². The Hall–Kier alpha value is -1.41. The number of fused-ring (bicyclic) bond motifs is 1. The second kappa shape index (κ2) is 6.15. The Morgan fingerprint density at radius 1 is 1.33 bits per heavy atom. The lowest BCUT2D eigenvalue weighted by atomic mass is 9.62. The van der Waals surface area contributed by atoms with E-state index >= 15 is 0 Å². The fraction of sp³-hybridized carbons (Fsp3) is 0.588. The van der Waals surface area contributed by atoms with Crippen molar-refractivity contribution in [1.29, 1.82) is 5.26 Å². The summed E-state index contributed by atoms with van der Waals surface area (Å²) in [6.45, 7) is 1.72. The Bertz CT molecular complexity index is 531. The highest BCUT2D eigenvalue weighted by Gasteiger charge is 2.50. The third kappa shape index (κ3) is 2.96. The summed E-state index contributed by atoms with van der Waals surface area (Å²) in [7, 11) is 3.08. The lowest BCUT2D eigenvalue weighted by Gasteiger charge is -2.44. The average molecular weight is 289 g/mol. The van der Waals surface area contributed by atoms with E-state index in [1.807, 2.05) is 18.2 Å². The van der Waals surface area contributed by atoms with E-state index < -0.39 is 17.3 Å². The highest BCUT2D eigenvalue weighted by atomic mass is 16.7. The maximum Gasteiger partial charge on any atom is 0.159 e. The van der Waals surface area contributed by atoms with Gasteiger partial charge in [0, 0.05) is 20.6 Å². The van der Waals surface area contributed by atoms with Crippen LogP contribution >= 0.6 is 0 Å². The Kier molecular flexibility index (Phi) is 4.67. The summed E-state index contributed by atoms with van der Waals surface area (Å²) < 4.78 is 10.4. The van der Waals surface area contributed by atoms with Gasteiger partial charge in [-0.05, 0) is 37.3 Å². The first kappa shape index (κ1) is 16.0. The van der Waals surface area contributed by atoms with Crippen molar-refractivity contribution in [3.63, 3.8) is 0 Å². The summed E-state index contributed by atoms with van der Waals surface area (Å²) in [6, 6.07) is 10.5. The quantitative estimate of drug-likeness (QED) is 0.846. The lowest BCUT2D eigenvalue weighted by molar-refractivity contribution is -0.163. The summed E-state index contributed by atoms with van der Waals surface area (Å²) in [5, 5.41) is 20.7. The van der Waals surface area contributed by atoms with Crippen LogP contribution in [0, 0.1) is 16.7 Å². The van der Waals surface area contributed by atoms with Crippen molar-refractivity contribution < 1.29 is 14.6 Å². The second-order valence-electron chi connectivity index (χ2n) is 6.02. The standard InChI is InChI=1S/C17H23NO3/c1-16(19,11-15(20-2)21-3)17(12-18)9-8-13-6-4-5-7-14(13)10-17/h4-7,15,19H,8-11H2,1-3H3. The molecule has 1 aliphatic carbocycles. The summed E-state index contributed by atoms with van der Waals surface area (Å²) in [6.07, 6.45) is 1.78. The van der Waals surface area contributed by atoms with Gasteiger partial charge < -0.3 is 14.6 Å². The number of nitrogens with zero attached hydrogens (tertiary/aromatic N) is 1. The monoisotopic (exact) mass is 289 g/mol. The molecular weight excluding hydrogens is 266 g/mol. The Morgan fingerprint density at radius 2 is 1.95 bits per heavy atom. The van der Waals surface area contributed by atoms with E-state index in [0.29, 0.717) is 12.8 Å². The first-order chi connectivity index (χ1) is 9.98. The molecule has 0 bridgehead atoms. The zero-order valence-electron chi connectivity index (χ0n) is 12.9. The molecule has 4 heteroatoms. The van der Waals surface area contributed by atoms with Crippen LogP contribution in [-0.4, -0.2) is 31.2 Å². The van der Waals surface area contributed by atoms with Gasteiger partial charge in [-0.2, -0.15) is 5.26 Å². The maximum atomic E-state index is 11.0. The molecular formula is C17H23NO3. The van der Waals surface area contributed by atoms with E-state index in [2.05, 4.69) is 12.1 Å². The van der Waals surface area contributed by atoms with Gasteiger partial charge in [-0.1, -0.05) is 24.3 Å². The average Bonchev–Trinajstić information content (AvgIpc) is 2.51. The van der Waals surface area contributed by atoms with Gasteiger partial charge in [-0.15, -0.1) is 0 Å². The van der Waals surface area contributed by atoms with Crippen LogP contribution in [0.15, 0.2) is 24.3 Å². The van der Waals surface area contributed by atoms with Crippen LogP contribution in [0.2, 0.25) is 0 Å². The molecule has 0 saturated carbocycles. The zero-order valence-corrected chi connectivity index (χ0v) is 12.9. The van der Waals surface area contributed by atoms with Gasteiger partial charge in [0.1, 0.15) is 0 Å². The topological polar surface area (TPSA) is 62.5 Å². The molecule has 0 radical (unpaired) electrons. The highest BCUT2D eigenvalue weighted by molar-refractivity contribution is 5.34. The first-order valence-electron chi connectivity index (χ1n) is 7.24. The van der Waals surface area contributed by atoms with E-state index in [9.17, 15) is 10.4 Å². The number of nitriles is 1. The number of benzene rings is 1. The van der Waals surface area contributed by atoms with Crippen LogP contribution in [0.3, 0.4) is 0 Å². The van der Waals surface area contributed by atoms with Crippen LogP contribution in [-0.2, 0) is 22.3 Å². The molecule has 1 aromatic carbocycles. The zero-order chi connectivity index (χ0) is 15.5. The molecule has 1 aliphatic rings. The predicted molar refractivity (Wildman–Crippen MR) is 79.6 cm³/mol. The van der Waals surface area contributed by atoms with Crippen molar-refractivity contribution in [2.45, 2.75) is 44.5 Å². The molecule has 0 saturated heterocycles. The number of hydrogen-bond acceptors (Lipinski definition) is 4. The predicted octanol–water partition coefficient (Wildman–Crippen LogP) is 2.45. The minimum absolute atomic E-state index is 0.274. The van der Waals surface area contributed by atoms with Gasteiger partial charge in [0.2, 0.25) is 0 Å². The second-order valence-corrected chi connectivity index (χ2v) is 6.02. The van der Waals surface area contributed by atoms with Gasteiger partial charge in [0.15, 0.2) is 6.29 Å². The van der Waals surface area contributed by atoms with E-state index in [-0.39, 0.29) is 6.42 Å². The molecule has 0 aliphatic heterocycles. The normalized spacial score (nSPS) is 24.2. The van der Waals surface area contributed by atoms with E-state index in [0.717, 1.165) is 12.0 Å². The van der Waals surface area contributed by atoms with E-state index in [4.69, 9.17) is 9.47 Å². The number of aliphatic hydroxyl groups is 1. The van der Waals surface area contributed by atoms with Gasteiger partial charge in [0.25, 0.3) is 0 Å². The van der Waals surface area contributed by atoms with E-state index in [1.54, 1.807) is 21.1 Å². The smallest absolute Gasteiger partial charge is 0.159 e. The molecule has 2 atom stereocenters. The molecule has 0 heterocycles. The van der Waals surface area contributed by atoms with Crippen molar-refractivity contribution >= 4 is 0 Å². The Labute approximate surface area is 126 Å². The highest BCUT2D eigenvalue weighted by Crippen LogP contribution is 2.45. The van der Waals surface area contributed by atoms with Crippen molar-refractivity contribution in [1.82, 2.24) is 0 Å². The van der Waals surface area contributed by atoms with Gasteiger partial charge in [-0.3, -0.25) is 0 Å². The molecule has 4 nitrogen and oxygen atoms in total. The summed E-state index contributed by atoms with van der Waals surface area (Å²) >= 11 is 0. The van der Waals surface area contributed by atoms with Gasteiger partial charge in [0.05, 0.1) is 17.1 Å². The lowest BCUT2D eigenvalue weighted by Crippen LogP contribution is -2.50. The number of aryl methyl sites for hydroxylation is 1. The van der Waals surface area contributed by atoms with Gasteiger partial charge in [-0.25, -0.2) is 0 Å². The Balaban J connectivity index is 2.29. The molecule has 1 aromatic rings. The van der Waals surface area contributed by atoms with Gasteiger partial charge >= 0.3 is 0 Å². The summed E-state index contributed by atoms with van der Waals surface area (Å²) in [5.41, 5.74) is 0.439. The molecule has 2 rings (SSSR count). The van der Waals surface area contributed by atoms with Crippen molar-refractivity contribution in [3.05, 3.63) is 35.4 Å². The summed E-state index contributed by atoms with van der Waals surface area (Å²) in [5.74, 6) is 0. The van der Waals surface area contributed by atoms with Crippen LogP contribution in [0.5, 0.6) is 0 Å². The number of ether oxygens (including phenoxy) is 2. The molecule has 2 unspecified atom stereocenters. The van der Waals surface area contributed by atoms with Crippen LogP contribution in [0.25, 0.3) is 0 Å². The van der Waals surface area contributed by atoms with Crippen LogP contribution in [0.4, 0.5) is 0 Å². The minimum Gasteiger partial charge on any atom is -0.388 e. The van der Waals surface area contributed by atoms with Crippen molar-refractivity contribution in [2.75, 3.05) is 14.2 Å². The molecule has 0 spiro atoms.